The van der Waals surface area contributed by atoms with Gasteiger partial charge in [-0.25, -0.2) is 0 Å². The second-order valence-corrected chi connectivity index (χ2v) is 5.37. The molecular formula is C13H18N2O2. The number of carbonyl (C=O) groups excluding carboxylic acids is 2. The lowest BCUT2D eigenvalue weighted by molar-refractivity contribution is 0.0911. The zero-order valence-electron chi connectivity index (χ0n) is 10.7. The van der Waals surface area contributed by atoms with E-state index in [4.69, 9.17) is 0 Å². The second-order valence-electron chi connectivity index (χ2n) is 5.37. The van der Waals surface area contributed by atoms with Gasteiger partial charge in [0.05, 0.1) is 0 Å². The molecule has 2 heterocycles. The summed E-state index contributed by atoms with van der Waals surface area (Å²) >= 11 is 0. The van der Waals surface area contributed by atoms with Crippen molar-refractivity contribution < 1.29 is 9.59 Å². The van der Waals surface area contributed by atoms with Gasteiger partial charge in [0.1, 0.15) is 5.69 Å². The molecule has 0 atom stereocenters. The topological polar surface area (TPSA) is 62.0 Å². The standard InChI is InChI=1S/C13H18N2O2/c1-7-10(8(2)16)9-5-6-13(3,4)15-12(17)11(9)14-7/h14H,5-6H2,1-4H3,(H,15,17). The van der Waals surface area contributed by atoms with Crippen LogP contribution in [0.5, 0.6) is 0 Å². The third kappa shape index (κ3) is 1.99. The van der Waals surface area contributed by atoms with E-state index in [0.717, 1.165) is 24.1 Å². The van der Waals surface area contributed by atoms with E-state index >= 15 is 0 Å². The fraction of sp³-hybridized carbons (Fsp3) is 0.538. The van der Waals surface area contributed by atoms with Crippen molar-refractivity contribution in [2.45, 2.75) is 46.1 Å². The van der Waals surface area contributed by atoms with Crippen LogP contribution in [-0.2, 0) is 6.42 Å². The number of nitrogens with one attached hydrogen (secondary N) is 2. The summed E-state index contributed by atoms with van der Waals surface area (Å²) in [6.07, 6.45) is 1.59. The molecule has 0 radical (unpaired) electrons. The van der Waals surface area contributed by atoms with E-state index in [1.165, 1.54) is 0 Å². The number of aromatic nitrogens is 1. The maximum absolute atomic E-state index is 12.1. The highest BCUT2D eigenvalue weighted by molar-refractivity contribution is 6.03. The lowest BCUT2D eigenvalue weighted by Gasteiger charge is -2.23. The number of amides is 1. The van der Waals surface area contributed by atoms with Gasteiger partial charge >= 0.3 is 0 Å². The van der Waals surface area contributed by atoms with Gasteiger partial charge in [-0.05, 0) is 46.1 Å². The highest BCUT2D eigenvalue weighted by Crippen LogP contribution is 2.27. The molecule has 4 heteroatoms. The van der Waals surface area contributed by atoms with Crippen molar-refractivity contribution in [3.05, 3.63) is 22.5 Å². The quantitative estimate of drug-likeness (QED) is 0.730. The summed E-state index contributed by atoms with van der Waals surface area (Å²) in [5.41, 5.74) is 2.68. The number of carbonyl (C=O) groups is 2. The normalized spacial score (nSPS) is 18.2. The van der Waals surface area contributed by atoms with Crippen molar-refractivity contribution in [1.82, 2.24) is 10.3 Å². The predicted molar refractivity (Wildman–Crippen MR) is 65.4 cm³/mol. The van der Waals surface area contributed by atoms with E-state index in [-0.39, 0.29) is 17.2 Å². The van der Waals surface area contributed by atoms with Crippen molar-refractivity contribution in [2.24, 2.45) is 0 Å². The molecule has 0 aromatic carbocycles. The highest BCUT2D eigenvalue weighted by Gasteiger charge is 2.31. The van der Waals surface area contributed by atoms with Gasteiger partial charge in [-0.15, -0.1) is 0 Å². The van der Waals surface area contributed by atoms with Gasteiger partial charge in [0, 0.05) is 16.8 Å². The Hall–Kier alpha value is -1.58. The number of rotatable bonds is 1. The van der Waals surface area contributed by atoms with Crippen LogP contribution in [-0.4, -0.2) is 22.2 Å². The maximum Gasteiger partial charge on any atom is 0.268 e. The summed E-state index contributed by atoms with van der Waals surface area (Å²) in [4.78, 5) is 26.7. The zero-order valence-corrected chi connectivity index (χ0v) is 10.7. The van der Waals surface area contributed by atoms with Crippen LogP contribution in [0, 0.1) is 6.92 Å². The Kier molecular flexibility index (Phi) is 2.60. The summed E-state index contributed by atoms with van der Waals surface area (Å²) in [5, 5.41) is 2.97. The van der Waals surface area contributed by atoms with Crippen LogP contribution in [0.3, 0.4) is 0 Å². The number of hydrogen-bond acceptors (Lipinski definition) is 2. The van der Waals surface area contributed by atoms with Gasteiger partial charge in [0.25, 0.3) is 5.91 Å². The van der Waals surface area contributed by atoms with Crippen LogP contribution in [0.2, 0.25) is 0 Å². The third-order valence-corrected chi connectivity index (χ3v) is 3.32. The Morgan fingerprint density at radius 3 is 2.59 bits per heavy atom. The van der Waals surface area contributed by atoms with Gasteiger partial charge < -0.3 is 10.3 Å². The molecule has 1 aliphatic rings. The number of aromatic amines is 1. The van der Waals surface area contributed by atoms with Crippen molar-refractivity contribution in [3.63, 3.8) is 0 Å². The fourth-order valence-corrected chi connectivity index (χ4v) is 2.47. The van der Waals surface area contributed by atoms with E-state index in [2.05, 4.69) is 10.3 Å². The van der Waals surface area contributed by atoms with E-state index < -0.39 is 0 Å². The fourth-order valence-electron chi connectivity index (χ4n) is 2.47. The first-order valence-electron chi connectivity index (χ1n) is 5.87. The monoisotopic (exact) mass is 234 g/mol. The van der Waals surface area contributed by atoms with Crippen LogP contribution < -0.4 is 5.32 Å². The van der Waals surface area contributed by atoms with Gasteiger partial charge in [-0.2, -0.15) is 0 Å². The Morgan fingerprint density at radius 2 is 2.00 bits per heavy atom. The molecule has 1 aromatic rings. The Balaban J connectivity index is 2.54. The van der Waals surface area contributed by atoms with Crippen LogP contribution in [0.4, 0.5) is 0 Å². The second kappa shape index (κ2) is 3.72. The Morgan fingerprint density at radius 1 is 1.35 bits per heavy atom. The summed E-state index contributed by atoms with van der Waals surface area (Å²) in [6.45, 7) is 7.38. The number of aryl methyl sites for hydroxylation is 1. The number of hydrogen-bond donors (Lipinski definition) is 2. The third-order valence-electron chi connectivity index (χ3n) is 3.32. The Labute approximate surface area is 101 Å². The number of ketones is 1. The average Bonchev–Trinajstić information content (AvgIpc) is 2.46. The number of H-pyrrole nitrogens is 1. The van der Waals surface area contributed by atoms with Crippen LogP contribution in [0.1, 0.15) is 59.3 Å². The van der Waals surface area contributed by atoms with Gasteiger partial charge in [0.15, 0.2) is 5.78 Å². The molecule has 0 saturated heterocycles. The minimum Gasteiger partial charge on any atom is -0.354 e. The lowest BCUT2D eigenvalue weighted by Crippen LogP contribution is -2.42. The number of Topliss-reactive ketones (excluding diaryl/α,β-unsaturated/α-hetero) is 1. The van der Waals surface area contributed by atoms with Gasteiger partial charge in [-0.3, -0.25) is 9.59 Å². The molecule has 0 fully saturated rings. The predicted octanol–water partition coefficient (Wildman–Crippen LogP) is 1.98. The largest absolute Gasteiger partial charge is 0.354 e. The number of fused-ring (bicyclic) bond motifs is 1. The zero-order chi connectivity index (χ0) is 12.8. The van der Waals surface area contributed by atoms with Gasteiger partial charge in [0.2, 0.25) is 0 Å². The van der Waals surface area contributed by atoms with Crippen LogP contribution in [0.15, 0.2) is 0 Å². The van der Waals surface area contributed by atoms with E-state index in [1.807, 2.05) is 20.8 Å². The van der Waals surface area contributed by atoms with Crippen molar-refractivity contribution in [2.75, 3.05) is 0 Å². The average molecular weight is 234 g/mol. The first kappa shape index (κ1) is 11.9. The molecule has 4 nitrogen and oxygen atoms in total. The smallest absolute Gasteiger partial charge is 0.268 e. The summed E-state index contributed by atoms with van der Waals surface area (Å²) < 4.78 is 0. The first-order valence-corrected chi connectivity index (χ1v) is 5.87. The van der Waals surface area contributed by atoms with Gasteiger partial charge in [-0.1, -0.05) is 0 Å². The molecule has 1 aliphatic heterocycles. The molecule has 0 unspecified atom stereocenters. The summed E-state index contributed by atoms with van der Waals surface area (Å²) in [7, 11) is 0. The molecule has 92 valence electrons. The SMILES string of the molecule is CC(=O)c1c(C)[nH]c2c1CCC(C)(C)NC2=O. The molecule has 2 rings (SSSR count). The van der Waals surface area contributed by atoms with E-state index in [1.54, 1.807) is 6.92 Å². The maximum atomic E-state index is 12.1. The van der Waals surface area contributed by atoms with Crippen molar-refractivity contribution in [1.29, 1.82) is 0 Å². The molecule has 1 aromatic heterocycles. The van der Waals surface area contributed by atoms with E-state index in [9.17, 15) is 9.59 Å². The van der Waals surface area contributed by atoms with Crippen LogP contribution >= 0.6 is 0 Å². The minimum atomic E-state index is -0.223. The Bertz CT molecular complexity index is 498. The lowest BCUT2D eigenvalue weighted by atomic mass is 9.95. The molecule has 0 bridgehead atoms. The molecular weight excluding hydrogens is 216 g/mol. The molecule has 0 spiro atoms. The minimum absolute atomic E-state index is 0.0208. The summed E-state index contributed by atoms with van der Waals surface area (Å²) in [5.74, 6) is -0.0920. The van der Waals surface area contributed by atoms with E-state index in [0.29, 0.717) is 11.3 Å². The summed E-state index contributed by atoms with van der Waals surface area (Å²) in [6, 6.07) is 0. The molecule has 17 heavy (non-hydrogen) atoms. The molecule has 0 aliphatic carbocycles. The molecule has 2 N–H and O–H groups in total. The molecule has 1 amide bonds. The molecule has 0 saturated carbocycles. The highest BCUT2D eigenvalue weighted by atomic mass is 16.2. The van der Waals surface area contributed by atoms with Crippen LogP contribution in [0.25, 0.3) is 0 Å². The van der Waals surface area contributed by atoms with Crippen molar-refractivity contribution >= 4 is 11.7 Å². The van der Waals surface area contributed by atoms with Crippen molar-refractivity contribution in [3.8, 4) is 0 Å². The first-order chi connectivity index (χ1) is 7.82.